The second-order valence-electron chi connectivity index (χ2n) is 7.68. The summed E-state index contributed by atoms with van der Waals surface area (Å²) in [6, 6.07) is 13.3. The molecule has 0 bridgehead atoms. The average molecular weight is 446 g/mol. The Morgan fingerprint density at radius 1 is 1.21 bits per heavy atom. The van der Waals surface area contributed by atoms with Gasteiger partial charge in [0.25, 0.3) is 5.91 Å². The number of nitrogens with one attached hydrogen (secondary N) is 3. The van der Waals surface area contributed by atoms with Crippen LogP contribution in [0.15, 0.2) is 84.6 Å². The van der Waals surface area contributed by atoms with E-state index in [1.54, 1.807) is 29.1 Å². The molecule has 9 heteroatoms. The first kappa shape index (κ1) is 21.8. The first-order chi connectivity index (χ1) is 15.8. The molecule has 1 aromatic heterocycles. The van der Waals surface area contributed by atoms with Crippen LogP contribution in [0.1, 0.15) is 24.1 Å². The van der Waals surface area contributed by atoms with Gasteiger partial charge in [-0.15, -0.1) is 0 Å². The largest absolute Gasteiger partial charge is 0.395 e. The Balaban J connectivity index is 1.49. The third-order valence-electron chi connectivity index (χ3n) is 5.32. The van der Waals surface area contributed by atoms with E-state index in [9.17, 15) is 14.0 Å². The van der Waals surface area contributed by atoms with Gasteiger partial charge in [-0.3, -0.25) is 9.48 Å². The Morgan fingerprint density at radius 3 is 2.79 bits per heavy atom. The summed E-state index contributed by atoms with van der Waals surface area (Å²) in [6.07, 6.45) is 3.56. The molecule has 5 N–H and O–H groups in total. The summed E-state index contributed by atoms with van der Waals surface area (Å²) in [5, 5.41) is 12.0. The summed E-state index contributed by atoms with van der Waals surface area (Å²) in [5.41, 5.74) is 9.25. The molecule has 3 aromatic rings. The first-order valence-electron chi connectivity index (χ1n) is 10.3. The van der Waals surface area contributed by atoms with Crippen LogP contribution in [-0.4, -0.2) is 21.7 Å². The normalized spacial score (nSPS) is 14.5. The van der Waals surface area contributed by atoms with Crippen molar-refractivity contribution in [1.82, 2.24) is 25.7 Å². The van der Waals surface area contributed by atoms with Gasteiger partial charge in [-0.1, -0.05) is 43.0 Å². The fourth-order valence-corrected chi connectivity index (χ4v) is 3.49. The number of urea groups is 1. The van der Waals surface area contributed by atoms with Crippen LogP contribution in [0.3, 0.4) is 0 Å². The van der Waals surface area contributed by atoms with Gasteiger partial charge in [0.05, 0.1) is 30.2 Å². The van der Waals surface area contributed by atoms with Crippen LogP contribution in [-0.2, 0) is 11.3 Å². The fraction of sp³-hybridized carbons (Fsp3) is 0.125. The number of carbonyl (C=O) groups is 2. The lowest BCUT2D eigenvalue weighted by atomic mass is 10.0. The van der Waals surface area contributed by atoms with Crippen molar-refractivity contribution in [2.24, 2.45) is 5.73 Å². The van der Waals surface area contributed by atoms with Crippen LogP contribution in [0, 0.1) is 5.82 Å². The molecule has 1 aliphatic rings. The molecule has 0 saturated heterocycles. The van der Waals surface area contributed by atoms with Gasteiger partial charge in [-0.25, -0.2) is 9.18 Å². The number of nitrogens with zero attached hydrogens (tertiary/aromatic N) is 2. The Labute approximate surface area is 190 Å². The molecule has 4 rings (SSSR count). The van der Waals surface area contributed by atoms with Crippen molar-refractivity contribution in [2.75, 3.05) is 0 Å². The van der Waals surface area contributed by atoms with E-state index in [2.05, 4.69) is 27.6 Å². The fourth-order valence-electron chi connectivity index (χ4n) is 3.49. The maximum atomic E-state index is 13.9. The summed E-state index contributed by atoms with van der Waals surface area (Å²) >= 11 is 0. The van der Waals surface area contributed by atoms with Gasteiger partial charge >= 0.3 is 6.03 Å². The number of halogens is 1. The van der Waals surface area contributed by atoms with E-state index in [4.69, 9.17) is 5.73 Å². The highest BCUT2D eigenvalue weighted by Gasteiger charge is 2.25. The molecule has 0 aliphatic carbocycles. The minimum Gasteiger partial charge on any atom is -0.395 e. The topological polar surface area (TPSA) is 114 Å². The molecule has 33 heavy (non-hydrogen) atoms. The van der Waals surface area contributed by atoms with E-state index in [1.165, 1.54) is 6.07 Å². The van der Waals surface area contributed by atoms with E-state index in [0.717, 1.165) is 16.7 Å². The molecule has 0 saturated carbocycles. The van der Waals surface area contributed by atoms with Crippen molar-refractivity contribution in [3.05, 3.63) is 102 Å². The zero-order chi connectivity index (χ0) is 23.5. The number of carbonyl (C=O) groups excluding carboxylic acids is 2. The number of amides is 3. The molecule has 1 aliphatic heterocycles. The molecule has 0 unspecified atom stereocenters. The number of hydrogen-bond acceptors (Lipinski definition) is 4. The number of hydrogen-bond donors (Lipinski definition) is 4. The third kappa shape index (κ3) is 4.77. The molecule has 1 atom stereocenters. The number of benzene rings is 2. The zero-order valence-corrected chi connectivity index (χ0v) is 17.9. The number of nitrogens with two attached hydrogens (primary N) is 1. The maximum absolute atomic E-state index is 13.9. The van der Waals surface area contributed by atoms with Crippen molar-refractivity contribution in [3.8, 4) is 11.1 Å². The summed E-state index contributed by atoms with van der Waals surface area (Å²) in [5.74, 6) is -0.788. The Morgan fingerprint density at radius 2 is 2.00 bits per heavy atom. The quantitative estimate of drug-likeness (QED) is 0.466. The minimum absolute atomic E-state index is 0.0406. The Kier molecular flexibility index (Phi) is 5.95. The van der Waals surface area contributed by atoms with Crippen molar-refractivity contribution in [2.45, 2.75) is 19.5 Å². The van der Waals surface area contributed by atoms with Crippen LogP contribution in [0.5, 0.6) is 0 Å². The Hall–Kier alpha value is -4.40. The van der Waals surface area contributed by atoms with E-state index in [-0.39, 0.29) is 29.0 Å². The molecule has 0 fully saturated rings. The zero-order valence-electron chi connectivity index (χ0n) is 17.9. The predicted octanol–water partition coefficient (Wildman–Crippen LogP) is 2.91. The van der Waals surface area contributed by atoms with Crippen molar-refractivity contribution in [3.63, 3.8) is 0 Å². The van der Waals surface area contributed by atoms with Crippen molar-refractivity contribution in [1.29, 1.82) is 0 Å². The van der Waals surface area contributed by atoms with Crippen LogP contribution >= 0.6 is 0 Å². The Bertz CT molecular complexity index is 1280. The van der Waals surface area contributed by atoms with E-state index in [1.807, 2.05) is 37.4 Å². The van der Waals surface area contributed by atoms with Gasteiger partial charge in [0.15, 0.2) is 0 Å². The van der Waals surface area contributed by atoms with Gasteiger partial charge < -0.3 is 21.7 Å². The standard InChI is InChI=1S/C24H23FN6O2/c1-14(28-23(32)22-21(26)15(2)29-24(33)30-22)16-7-5-8-17(10-16)19-11-27-31(13-19)12-18-6-3-4-9-20(18)25/h3-11,13-14H,2,12,26H2,1H3,(H,28,32)(H2,29,30,33)/t14-/m1/s1. The molecular formula is C24H23FN6O2. The van der Waals surface area contributed by atoms with Gasteiger partial charge in [0.1, 0.15) is 11.5 Å². The van der Waals surface area contributed by atoms with E-state index in [0.29, 0.717) is 12.1 Å². The van der Waals surface area contributed by atoms with Crippen LogP contribution < -0.4 is 21.7 Å². The number of rotatable bonds is 6. The van der Waals surface area contributed by atoms with Gasteiger partial charge in [-0.2, -0.15) is 5.10 Å². The lowest BCUT2D eigenvalue weighted by Crippen LogP contribution is -2.47. The average Bonchev–Trinajstić information content (AvgIpc) is 3.26. The van der Waals surface area contributed by atoms with Gasteiger partial charge in [0.2, 0.25) is 0 Å². The maximum Gasteiger partial charge on any atom is 0.323 e. The highest BCUT2D eigenvalue weighted by Crippen LogP contribution is 2.24. The number of aromatic nitrogens is 2. The summed E-state index contributed by atoms with van der Waals surface area (Å²) < 4.78 is 15.6. The van der Waals surface area contributed by atoms with E-state index >= 15 is 0 Å². The second kappa shape index (κ2) is 8.99. The van der Waals surface area contributed by atoms with E-state index < -0.39 is 11.9 Å². The molecule has 2 heterocycles. The minimum atomic E-state index is -0.568. The first-order valence-corrected chi connectivity index (χ1v) is 10.3. The van der Waals surface area contributed by atoms with Crippen LogP contribution in [0.2, 0.25) is 0 Å². The summed E-state index contributed by atoms with van der Waals surface area (Å²) in [6.45, 7) is 5.78. The SMILES string of the molecule is C=C1NC(=O)NC(C(=O)N[C@H](C)c2cccc(-c3cnn(Cc4ccccc4F)c3)c2)=C1N. The lowest BCUT2D eigenvalue weighted by molar-refractivity contribution is -0.118. The molecule has 3 amide bonds. The molecule has 0 spiro atoms. The highest BCUT2D eigenvalue weighted by atomic mass is 19.1. The molecule has 168 valence electrons. The highest BCUT2D eigenvalue weighted by molar-refractivity contribution is 6.00. The third-order valence-corrected chi connectivity index (χ3v) is 5.32. The van der Waals surface area contributed by atoms with Crippen molar-refractivity contribution < 1.29 is 14.0 Å². The van der Waals surface area contributed by atoms with Gasteiger partial charge in [-0.05, 0) is 30.2 Å². The van der Waals surface area contributed by atoms with Crippen LogP contribution in [0.25, 0.3) is 11.1 Å². The molecular weight excluding hydrogens is 423 g/mol. The molecule has 0 radical (unpaired) electrons. The molecule has 8 nitrogen and oxygen atoms in total. The van der Waals surface area contributed by atoms with Gasteiger partial charge in [0, 0.05) is 17.3 Å². The summed E-state index contributed by atoms with van der Waals surface area (Å²) in [4.78, 5) is 24.3. The van der Waals surface area contributed by atoms with Crippen LogP contribution in [0.4, 0.5) is 9.18 Å². The summed E-state index contributed by atoms with van der Waals surface area (Å²) in [7, 11) is 0. The second-order valence-corrected chi connectivity index (χ2v) is 7.68. The smallest absolute Gasteiger partial charge is 0.323 e. The molecule has 2 aromatic carbocycles. The van der Waals surface area contributed by atoms with Crippen molar-refractivity contribution >= 4 is 11.9 Å². The lowest BCUT2D eigenvalue weighted by Gasteiger charge is -2.22. The predicted molar refractivity (Wildman–Crippen MR) is 122 cm³/mol. The monoisotopic (exact) mass is 446 g/mol.